The zero-order chi connectivity index (χ0) is 12.5. The molecule has 0 aromatic carbocycles. The van der Waals surface area contributed by atoms with E-state index in [4.69, 9.17) is 0 Å². The molecule has 1 aromatic rings. The molecule has 2 rings (SSSR count). The molecule has 1 heterocycles. The van der Waals surface area contributed by atoms with E-state index in [-0.39, 0.29) is 11.0 Å². The van der Waals surface area contributed by atoms with E-state index in [0.29, 0.717) is 0 Å². The highest BCUT2D eigenvalue weighted by Crippen LogP contribution is 2.40. The van der Waals surface area contributed by atoms with E-state index < -0.39 is 0 Å². The van der Waals surface area contributed by atoms with Gasteiger partial charge in [-0.05, 0) is 37.9 Å². The van der Waals surface area contributed by atoms with Crippen LogP contribution in [0, 0.1) is 19.3 Å². The highest BCUT2D eigenvalue weighted by atomic mass is 32.1. The molecule has 0 atom stereocenters. The lowest BCUT2D eigenvalue weighted by molar-refractivity contribution is 0.281. The van der Waals surface area contributed by atoms with Crippen LogP contribution in [0.1, 0.15) is 37.2 Å². The third-order valence-electron chi connectivity index (χ3n) is 3.82. The Hall–Kier alpha value is -0.770. The number of hydrogen-bond donors (Lipinski definition) is 1. The molecule has 3 nitrogen and oxygen atoms in total. The summed E-state index contributed by atoms with van der Waals surface area (Å²) < 4.78 is 1.81. The summed E-state index contributed by atoms with van der Waals surface area (Å²) in [5.41, 5.74) is 1.08. The van der Waals surface area contributed by atoms with Crippen molar-refractivity contribution >= 4 is 12.6 Å². The van der Waals surface area contributed by atoms with Crippen LogP contribution in [-0.4, -0.2) is 15.3 Å². The molecule has 1 aromatic heterocycles. The van der Waals surface area contributed by atoms with E-state index in [9.17, 15) is 4.79 Å². The molecule has 1 saturated carbocycles. The quantitative estimate of drug-likeness (QED) is 0.838. The second-order valence-electron chi connectivity index (χ2n) is 5.23. The largest absolute Gasteiger partial charge is 0.296 e. The van der Waals surface area contributed by atoms with Crippen LogP contribution in [0.2, 0.25) is 0 Å². The topological polar surface area (TPSA) is 34.9 Å². The van der Waals surface area contributed by atoms with E-state index in [2.05, 4.69) is 17.6 Å². The maximum atomic E-state index is 12.0. The third-order valence-corrected chi connectivity index (χ3v) is 4.49. The van der Waals surface area contributed by atoms with Crippen molar-refractivity contribution in [1.82, 2.24) is 9.55 Å². The Labute approximate surface area is 108 Å². The summed E-state index contributed by atoms with van der Waals surface area (Å²) in [4.78, 5) is 16.4. The monoisotopic (exact) mass is 252 g/mol. The molecule has 1 aliphatic carbocycles. The molecule has 4 heteroatoms. The second-order valence-corrected chi connectivity index (χ2v) is 5.55. The van der Waals surface area contributed by atoms with Crippen molar-refractivity contribution in [3.8, 4) is 0 Å². The molecule has 1 aliphatic rings. The molecule has 94 valence electrons. The lowest BCUT2D eigenvalue weighted by Gasteiger charge is -2.28. The molecular formula is C13H20N2OS. The van der Waals surface area contributed by atoms with Gasteiger partial charge in [-0.2, -0.15) is 12.6 Å². The maximum Gasteiger partial charge on any atom is 0.253 e. The average Bonchev–Trinajstić information content (AvgIpc) is 2.73. The van der Waals surface area contributed by atoms with Gasteiger partial charge in [0.05, 0.1) is 0 Å². The number of aromatic nitrogens is 2. The van der Waals surface area contributed by atoms with Crippen molar-refractivity contribution in [1.29, 1.82) is 0 Å². The summed E-state index contributed by atoms with van der Waals surface area (Å²) in [6.45, 7) is 4.55. The summed E-state index contributed by atoms with van der Waals surface area (Å²) in [5, 5.41) is 0. The molecule has 17 heavy (non-hydrogen) atoms. The minimum atomic E-state index is 0.0723. The van der Waals surface area contributed by atoms with Crippen molar-refractivity contribution in [3.05, 3.63) is 27.9 Å². The standard InChI is InChI=1S/C13H20N2OS/c1-10-7-12(16)15(11(2)14-10)8-13(9-17)5-3-4-6-13/h7,17H,3-6,8-9H2,1-2H3. The van der Waals surface area contributed by atoms with Gasteiger partial charge >= 0.3 is 0 Å². The Morgan fingerprint density at radius 2 is 2.06 bits per heavy atom. The molecule has 0 bridgehead atoms. The van der Waals surface area contributed by atoms with Gasteiger partial charge < -0.3 is 0 Å². The summed E-state index contributed by atoms with van der Waals surface area (Å²) in [6, 6.07) is 1.62. The predicted molar refractivity (Wildman–Crippen MR) is 72.7 cm³/mol. The van der Waals surface area contributed by atoms with Crippen LogP contribution in [0.5, 0.6) is 0 Å². The maximum absolute atomic E-state index is 12.0. The lowest BCUT2D eigenvalue weighted by Crippen LogP contribution is -2.33. The fraction of sp³-hybridized carbons (Fsp3) is 0.692. The first-order valence-electron chi connectivity index (χ1n) is 6.22. The molecule has 0 N–H and O–H groups in total. The fourth-order valence-corrected chi connectivity index (χ4v) is 3.20. The van der Waals surface area contributed by atoms with E-state index in [1.807, 2.05) is 18.4 Å². The van der Waals surface area contributed by atoms with Crippen LogP contribution in [0.3, 0.4) is 0 Å². The van der Waals surface area contributed by atoms with Crippen LogP contribution in [0.15, 0.2) is 10.9 Å². The summed E-state index contributed by atoms with van der Waals surface area (Å²) in [6.07, 6.45) is 4.87. The summed E-state index contributed by atoms with van der Waals surface area (Å²) in [5.74, 6) is 1.68. The summed E-state index contributed by atoms with van der Waals surface area (Å²) >= 11 is 4.48. The smallest absolute Gasteiger partial charge is 0.253 e. The average molecular weight is 252 g/mol. The van der Waals surface area contributed by atoms with Crippen molar-refractivity contribution in [2.24, 2.45) is 5.41 Å². The SMILES string of the molecule is Cc1cc(=O)n(CC2(CS)CCCC2)c(C)n1. The van der Waals surface area contributed by atoms with Crippen molar-refractivity contribution in [3.63, 3.8) is 0 Å². The van der Waals surface area contributed by atoms with Gasteiger partial charge in [0.25, 0.3) is 5.56 Å². The van der Waals surface area contributed by atoms with Crippen molar-refractivity contribution < 1.29 is 0 Å². The number of thiol groups is 1. The number of hydrogen-bond acceptors (Lipinski definition) is 3. The van der Waals surface area contributed by atoms with E-state index >= 15 is 0 Å². The van der Waals surface area contributed by atoms with Crippen LogP contribution in [0.25, 0.3) is 0 Å². The lowest BCUT2D eigenvalue weighted by atomic mass is 9.88. The zero-order valence-electron chi connectivity index (χ0n) is 10.6. The molecule has 0 amide bonds. The predicted octanol–water partition coefficient (Wildman–Crippen LogP) is 2.35. The van der Waals surface area contributed by atoms with E-state index in [0.717, 1.165) is 23.8 Å². The molecular weight excluding hydrogens is 232 g/mol. The van der Waals surface area contributed by atoms with Gasteiger partial charge in [0, 0.05) is 18.3 Å². The second kappa shape index (κ2) is 4.84. The van der Waals surface area contributed by atoms with Crippen LogP contribution in [-0.2, 0) is 6.54 Å². The molecule has 0 radical (unpaired) electrons. The van der Waals surface area contributed by atoms with E-state index in [1.165, 1.54) is 25.7 Å². The Morgan fingerprint density at radius 3 is 2.59 bits per heavy atom. The Bertz CT molecular complexity index is 461. The highest BCUT2D eigenvalue weighted by molar-refractivity contribution is 7.80. The normalized spacial score (nSPS) is 18.5. The molecule has 1 fully saturated rings. The third kappa shape index (κ3) is 2.57. The van der Waals surface area contributed by atoms with Crippen LogP contribution >= 0.6 is 12.6 Å². The van der Waals surface area contributed by atoms with Gasteiger partial charge in [0.2, 0.25) is 0 Å². The minimum absolute atomic E-state index is 0.0723. The fourth-order valence-electron chi connectivity index (χ4n) is 2.78. The first kappa shape index (κ1) is 12.7. The molecule has 0 aliphatic heterocycles. The van der Waals surface area contributed by atoms with Gasteiger partial charge in [-0.25, -0.2) is 4.98 Å². The van der Waals surface area contributed by atoms with Crippen LogP contribution < -0.4 is 5.56 Å². The van der Waals surface area contributed by atoms with Crippen molar-refractivity contribution in [2.75, 3.05) is 5.75 Å². The van der Waals surface area contributed by atoms with Gasteiger partial charge in [0.15, 0.2) is 0 Å². The highest BCUT2D eigenvalue weighted by Gasteiger charge is 2.33. The van der Waals surface area contributed by atoms with Gasteiger partial charge in [-0.1, -0.05) is 12.8 Å². The van der Waals surface area contributed by atoms with Gasteiger partial charge in [-0.3, -0.25) is 9.36 Å². The van der Waals surface area contributed by atoms with Crippen molar-refractivity contribution in [2.45, 2.75) is 46.1 Å². The molecule has 0 spiro atoms. The summed E-state index contributed by atoms with van der Waals surface area (Å²) in [7, 11) is 0. The van der Waals surface area contributed by atoms with E-state index in [1.54, 1.807) is 6.07 Å². The number of rotatable bonds is 3. The molecule has 0 saturated heterocycles. The number of aryl methyl sites for hydroxylation is 2. The zero-order valence-corrected chi connectivity index (χ0v) is 11.5. The van der Waals surface area contributed by atoms with Crippen LogP contribution in [0.4, 0.5) is 0 Å². The Morgan fingerprint density at radius 1 is 1.41 bits per heavy atom. The Balaban J connectivity index is 2.32. The first-order chi connectivity index (χ1) is 8.06. The van der Waals surface area contributed by atoms with Gasteiger partial charge in [0.1, 0.15) is 5.82 Å². The first-order valence-corrected chi connectivity index (χ1v) is 6.86. The minimum Gasteiger partial charge on any atom is -0.296 e. The molecule has 0 unspecified atom stereocenters. The number of nitrogens with zero attached hydrogens (tertiary/aromatic N) is 2. The Kier molecular flexibility index (Phi) is 3.61. The van der Waals surface area contributed by atoms with Gasteiger partial charge in [-0.15, -0.1) is 0 Å².